The molecule has 0 aliphatic rings. The molecule has 1 aromatic heterocycles. The Morgan fingerprint density at radius 2 is 1.78 bits per heavy atom. The van der Waals surface area contributed by atoms with E-state index in [1.165, 1.54) is 12.4 Å². The van der Waals surface area contributed by atoms with Crippen molar-refractivity contribution in [3.05, 3.63) is 71.1 Å². The Morgan fingerprint density at radius 3 is 2.41 bits per heavy atom. The van der Waals surface area contributed by atoms with Gasteiger partial charge in [-0.1, -0.05) is 17.7 Å². The Hall–Kier alpha value is -3.12. The van der Waals surface area contributed by atoms with Crippen LogP contribution in [-0.4, -0.2) is 30.0 Å². The van der Waals surface area contributed by atoms with Crippen LogP contribution < -0.4 is 15.5 Å². The van der Waals surface area contributed by atoms with E-state index >= 15 is 0 Å². The number of amides is 1. The number of nitrogens with zero attached hydrogens (tertiary/aromatic N) is 3. The van der Waals surface area contributed by atoms with Crippen LogP contribution in [0.2, 0.25) is 5.02 Å². The van der Waals surface area contributed by atoms with Gasteiger partial charge < -0.3 is 15.5 Å². The number of anilines is 4. The number of nitrogens with one attached hydrogen (secondary N) is 2. The van der Waals surface area contributed by atoms with Gasteiger partial charge in [-0.15, -0.1) is 0 Å². The third kappa shape index (κ3) is 4.54. The van der Waals surface area contributed by atoms with Gasteiger partial charge in [0.05, 0.1) is 12.4 Å². The van der Waals surface area contributed by atoms with Gasteiger partial charge in [-0.05, 0) is 48.9 Å². The van der Waals surface area contributed by atoms with Gasteiger partial charge in [0.1, 0.15) is 11.5 Å². The zero-order valence-corrected chi connectivity index (χ0v) is 16.1. The summed E-state index contributed by atoms with van der Waals surface area (Å²) < 4.78 is 0. The standard InChI is InChI=1S/C20H20ClN5O/c1-13-16(21)5-4-6-17(13)25-20(27)18-11-23-19(12-22-18)24-14-7-9-15(10-8-14)26(2)3/h4-12H,1-3H3,(H,23,24)(H,25,27). The molecule has 0 bridgehead atoms. The average molecular weight is 382 g/mol. The lowest BCUT2D eigenvalue weighted by molar-refractivity contribution is 0.102. The Morgan fingerprint density at radius 1 is 1.04 bits per heavy atom. The van der Waals surface area contributed by atoms with E-state index in [9.17, 15) is 4.79 Å². The second kappa shape index (κ2) is 8.05. The van der Waals surface area contributed by atoms with Crippen LogP contribution in [0.25, 0.3) is 0 Å². The number of halogens is 1. The number of benzene rings is 2. The summed E-state index contributed by atoms with van der Waals surface area (Å²) in [6.07, 6.45) is 2.96. The maximum absolute atomic E-state index is 12.4. The lowest BCUT2D eigenvalue weighted by Gasteiger charge is -2.13. The Labute approximate surface area is 163 Å². The molecule has 0 aliphatic heterocycles. The molecule has 0 saturated carbocycles. The van der Waals surface area contributed by atoms with Crippen LogP contribution in [0, 0.1) is 6.92 Å². The molecule has 7 heteroatoms. The maximum atomic E-state index is 12.4. The highest BCUT2D eigenvalue weighted by Crippen LogP contribution is 2.23. The molecule has 0 unspecified atom stereocenters. The summed E-state index contributed by atoms with van der Waals surface area (Å²) in [7, 11) is 3.98. The minimum Gasteiger partial charge on any atom is -0.378 e. The fourth-order valence-electron chi connectivity index (χ4n) is 2.43. The predicted octanol–water partition coefficient (Wildman–Crippen LogP) is 4.50. The van der Waals surface area contributed by atoms with E-state index in [0.29, 0.717) is 16.5 Å². The van der Waals surface area contributed by atoms with Gasteiger partial charge in [0.2, 0.25) is 0 Å². The largest absolute Gasteiger partial charge is 0.378 e. The Bertz CT molecular complexity index is 940. The van der Waals surface area contributed by atoms with Gasteiger partial charge in [-0.3, -0.25) is 4.79 Å². The summed E-state index contributed by atoms with van der Waals surface area (Å²) in [5, 5.41) is 6.56. The third-order valence-electron chi connectivity index (χ3n) is 4.06. The first-order chi connectivity index (χ1) is 12.9. The molecule has 0 saturated heterocycles. The normalized spacial score (nSPS) is 10.4. The summed E-state index contributed by atoms with van der Waals surface area (Å²) in [5.41, 5.74) is 3.68. The molecule has 3 rings (SSSR count). The molecule has 1 heterocycles. The first-order valence-electron chi connectivity index (χ1n) is 8.37. The van der Waals surface area contributed by atoms with Crippen LogP contribution in [0.4, 0.5) is 22.9 Å². The maximum Gasteiger partial charge on any atom is 0.275 e. The molecule has 0 atom stereocenters. The molecule has 0 spiro atoms. The molecule has 138 valence electrons. The van der Waals surface area contributed by atoms with E-state index < -0.39 is 0 Å². The van der Waals surface area contributed by atoms with Crippen molar-refractivity contribution in [3.8, 4) is 0 Å². The molecule has 0 aliphatic carbocycles. The van der Waals surface area contributed by atoms with Crippen LogP contribution in [0.5, 0.6) is 0 Å². The fraction of sp³-hybridized carbons (Fsp3) is 0.150. The molecule has 3 aromatic rings. The number of hydrogen-bond acceptors (Lipinski definition) is 5. The van der Waals surface area contributed by atoms with Crippen molar-refractivity contribution in [3.63, 3.8) is 0 Å². The second-order valence-electron chi connectivity index (χ2n) is 6.22. The molecule has 6 nitrogen and oxygen atoms in total. The van der Waals surface area contributed by atoms with Crippen molar-refractivity contribution in [1.29, 1.82) is 0 Å². The van der Waals surface area contributed by atoms with Gasteiger partial charge in [0.15, 0.2) is 0 Å². The van der Waals surface area contributed by atoms with E-state index in [1.807, 2.05) is 50.2 Å². The molecule has 0 fully saturated rings. The quantitative estimate of drug-likeness (QED) is 0.680. The highest BCUT2D eigenvalue weighted by molar-refractivity contribution is 6.31. The van der Waals surface area contributed by atoms with Gasteiger partial charge in [-0.25, -0.2) is 9.97 Å². The number of carbonyl (C=O) groups excluding carboxylic acids is 1. The van der Waals surface area contributed by atoms with Gasteiger partial charge >= 0.3 is 0 Å². The monoisotopic (exact) mass is 381 g/mol. The lowest BCUT2D eigenvalue weighted by atomic mass is 10.2. The number of carbonyl (C=O) groups is 1. The van der Waals surface area contributed by atoms with Crippen molar-refractivity contribution in [2.75, 3.05) is 29.6 Å². The summed E-state index contributed by atoms with van der Waals surface area (Å²) in [6.45, 7) is 1.85. The molecule has 1 amide bonds. The molecular weight excluding hydrogens is 362 g/mol. The molecule has 2 aromatic carbocycles. The van der Waals surface area contributed by atoms with E-state index in [2.05, 4.69) is 20.6 Å². The minimum absolute atomic E-state index is 0.225. The zero-order valence-electron chi connectivity index (χ0n) is 15.3. The van der Waals surface area contributed by atoms with Crippen LogP contribution in [-0.2, 0) is 0 Å². The molecule has 0 radical (unpaired) electrons. The first kappa shape index (κ1) is 18.7. The number of aromatic nitrogens is 2. The molecular formula is C20H20ClN5O. The topological polar surface area (TPSA) is 70.2 Å². The zero-order chi connectivity index (χ0) is 19.4. The van der Waals surface area contributed by atoms with Gasteiger partial charge in [-0.2, -0.15) is 0 Å². The van der Waals surface area contributed by atoms with E-state index in [-0.39, 0.29) is 11.6 Å². The van der Waals surface area contributed by atoms with Crippen LogP contribution in [0.1, 0.15) is 16.1 Å². The summed E-state index contributed by atoms with van der Waals surface area (Å²) in [6, 6.07) is 13.3. The summed E-state index contributed by atoms with van der Waals surface area (Å²) in [4.78, 5) is 22.8. The van der Waals surface area contributed by atoms with Crippen LogP contribution in [0.15, 0.2) is 54.9 Å². The molecule has 27 heavy (non-hydrogen) atoms. The van der Waals surface area contributed by atoms with Crippen molar-refractivity contribution in [2.45, 2.75) is 6.92 Å². The van der Waals surface area contributed by atoms with E-state index in [0.717, 1.165) is 16.9 Å². The third-order valence-corrected chi connectivity index (χ3v) is 4.47. The van der Waals surface area contributed by atoms with Crippen molar-refractivity contribution >= 4 is 40.4 Å². The van der Waals surface area contributed by atoms with Gasteiger partial charge in [0, 0.05) is 36.2 Å². The van der Waals surface area contributed by atoms with E-state index in [4.69, 9.17) is 11.6 Å². The lowest BCUT2D eigenvalue weighted by Crippen LogP contribution is -2.15. The van der Waals surface area contributed by atoms with E-state index in [1.54, 1.807) is 18.2 Å². The first-order valence-corrected chi connectivity index (χ1v) is 8.75. The summed E-state index contributed by atoms with van der Waals surface area (Å²) >= 11 is 6.08. The van der Waals surface area contributed by atoms with Crippen molar-refractivity contribution in [2.24, 2.45) is 0 Å². The SMILES string of the molecule is Cc1c(Cl)cccc1NC(=O)c1cnc(Nc2ccc(N(C)C)cc2)cn1. The minimum atomic E-state index is -0.338. The fourth-order valence-corrected chi connectivity index (χ4v) is 2.60. The van der Waals surface area contributed by atoms with Crippen molar-refractivity contribution < 1.29 is 4.79 Å². The molecule has 2 N–H and O–H groups in total. The Balaban J connectivity index is 1.67. The number of hydrogen-bond donors (Lipinski definition) is 2. The smallest absolute Gasteiger partial charge is 0.275 e. The Kier molecular flexibility index (Phi) is 5.57. The number of rotatable bonds is 5. The second-order valence-corrected chi connectivity index (χ2v) is 6.63. The van der Waals surface area contributed by atoms with Gasteiger partial charge in [0.25, 0.3) is 5.91 Å². The predicted molar refractivity (Wildman–Crippen MR) is 110 cm³/mol. The summed E-state index contributed by atoms with van der Waals surface area (Å²) in [5.74, 6) is 0.220. The van der Waals surface area contributed by atoms with Crippen molar-refractivity contribution in [1.82, 2.24) is 9.97 Å². The van der Waals surface area contributed by atoms with Crippen LogP contribution in [0.3, 0.4) is 0 Å². The van der Waals surface area contributed by atoms with Crippen LogP contribution >= 0.6 is 11.6 Å². The highest BCUT2D eigenvalue weighted by Gasteiger charge is 2.11. The average Bonchev–Trinajstić information content (AvgIpc) is 2.66. The highest BCUT2D eigenvalue weighted by atomic mass is 35.5.